The third-order valence-electron chi connectivity index (χ3n) is 2.76. The lowest BCUT2D eigenvalue weighted by molar-refractivity contribution is -0.150. The summed E-state index contributed by atoms with van der Waals surface area (Å²) in [5.41, 5.74) is 0. The molecule has 1 aromatic heterocycles. The van der Waals surface area contributed by atoms with Crippen LogP contribution < -0.4 is 10.2 Å². The molecule has 2 rings (SSSR count). The Morgan fingerprint density at radius 3 is 3.00 bits per heavy atom. The number of aromatic nitrogens is 1. The first kappa shape index (κ1) is 12.3. The molecule has 0 saturated carbocycles. The van der Waals surface area contributed by atoms with Crippen LogP contribution in [0.3, 0.4) is 0 Å². The number of carboxylic acids is 1. The first-order valence-corrected chi connectivity index (χ1v) is 5.47. The van der Waals surface area contributed by atoms with E-state index in [0.717, 1.165) is 0 Å². The Bertz CT molecular complexity index is 480. The van der Waals surface area contributed by atoms with Gasteiger partial charge in [-0.05, 0) is 18.6 Å². The van der Waals surface area contributed by atoms with Gasteiger partial charge in [0.15, 0.2) is 11.6 Å². The van der Waals surface area contributed by atoms with E-state index in [0.29, 0.717) is 19.5 Å². The highest BCUT2D eigenvalue weighted by atomic mass is 19.1. The number of nitrogens with one attached hydrogen (secondary N) is 1. The third-order valence-corrected chi connectivity index (χ3v) is 2.76. The standard InChI is InChI=1S/C11H12FN3O3/c12-8-2-1-4-13-9(8)15-5-3-7(6-15)14-10(16)11(17)18/h1-2,4,7H,3,5-6H2,(H,14,16)(H,17,18). The fourth-order valence-corrected chi connectivity index (χ4v) is 1.93. The molecule has 1 aromatic rings. The van der Waals surface area contributed by atoms with Crippen LogP contribution in [0.1, 0.15) is 6.42 Å². The fraction of sp³-hybridized carbons (Fsp3) is 0.364. The molecule has 1 aliphatic heterocycles. The Morgan fingerprint density at radius 2 is 2.33 bits per heavy atom. The van der Waals surface area contributed by atoms with Crippen molar-refractivity contribution in [1.82, 2.24) is 10.3 Å². The van der Waals surface area contributed by atoms with Crippen molar-refractivity contribution in [2.75, 3.05) is 18.0 Å². The Kier molecular flexibility index (Phi) is 3.40. The third kappa shape index (κ3) is 2.55. The molecule has 1 saturated heterocycles. The number of nitrogens with zero attached hydrogens (tertiary/aromatic N) is 2. The molecule has 1 unspecified atom stereocenters. The molecule has 6 nitrogen and oxygen atoms in total. The minimum atomic E-state index is -1.52. The highest BCUT2D eigenvalue weighted by molar-refractivity contribution is 6.31. The number of hydrogen-bond donors (Lipinski definition) is 2. The van der Waals surface area contributed by atoms with Crippen LogP contribution in [0.4, 0.5) is 10.2 Å². The van der Waals surface area contributed by atoms with Gasteiger partial charge in [-0.15, -0.1) is 0 Å². The van der Waals surface area contributed by atoms with E-state index in [4.69, 9.17) is 5.11 Å². The van der Waals surface area contributed by atoms with Crippen LogP contribution in [-0.4, -0.2) is 41.1 Å². The second-order valence-electron chi connectivity index (χ2n) is 4.02. The molecule has 2 heterocycles. The van der Waals surface area contributed by atoms with Crippen molar-refractivity contribution in [2.45, 2.75) is 12.5 Å². The molecule has 1 atom stereocenters. The number of amides is 1. The average Bonchev–Trinajstić information content (AvgIpc) is 2.77. The predicted molar refractivity (Wildman–Crippen MR) is 60.6 cm³/mol. The number of hydrogen-bond acceptors (Lipinski definition) is 4. The van der Waals surface area contributed by atoms with Gasteiger partial charge in [0.05, 0.1) is 0 Å². The van der Waals surface area contributed by atoms with Gasteiger partial charge in [-0.25, -0.2) is 14.2 Å². The van der Waals surface area contributed by atoms with Crippen molar-refractivity contribution in [2.24, 2.45) is 0 Å². The van der Waals surface area contributed by atoms with E-state index in [1.807, 2.05) is 0 Å². The number of pyridine rings is 1. The monoisotopic (exact) mass is 253 g/mol. The van der Waals surface area contributed by atoms with Gasteiger partial charge in [-0.1, -0.05) is 0 Å². The number of halogens is 1. The summed E-state index contributed by atoms with van der Waals surface area (Å²) in [5, 5.41) is 10.8. The van der Waals surface area contributed by atoms with E-state index in [2.05, 4.69) is 10.3 Å². The van der Waals surface area contributed by atoms with Crippen LogP contribution in [0, 0.1) is 5.82 Å². The predicted octanol–water partition coefficient (Wildman–Crippen LogP) is 0.000200. The summed E-state index contributed by atoms with van der Waals surface area (Å²) in [7, 11) is 0. The number of anilines is 1. The highest BCUT2D eigenvalue weighted by Gasteiger charge is 2.27. The molecule has 0 radical (unpaired) electrons. The second-order valence-corrected chi connectivity index (χ2v) is 4.02. The molecular formula is C11H12FN3O3. The molecule has 2 N–H and O–H groups in total. The van der Waals surface area contributed by atoms with Crippen molar-refractivity contribution in [3.8, 4) is 0 Å². The molecule has 0 aliphatic carbocycles. The summed E-state index contributed by atoms with van der Waals surface area (Å²) in [5.74, 6) is -2.76. The lowest BCUT2D eigenvalue weighted by Gasteiger charge is -2.17. The first-order valence-electron chi connectivity index (χ1n) is 5.47. The largest absolute Gasteiger partial charge is 0.474 e. The van der Waals surface area contributed by atoms with E-state index >= 15 is 0 Å². The van der Waals surface area contributed by atoms with E-state index in [9.17, 15) is 14.0 Å². The summed E-state index contributed by atoms with van der Waals surface area (Å²) < 4.78 is 13.5. The number of rotatable bonds is 2. The van der Waals surface area contributed by atoms with E-state index in [-0.39, 0.29) is 11.9 Å². The maximum Gasteiger partial charge on any atom is 0.394 e. The number of aliphatic carboxylic acids is 1. The van der Waals surface area contributed by atoms with Gasteiger partial charge in [0.2, 0.25) is 0 Å². The van der Waals surface area contributed by atoms with Gasteiger partial charge in [0, 0.05) is 25.3 Å². The fourth-order valence-electron chi connectivity index (χ4n) is 1.93. The van der Waals surface area contributed by atoms with Crippen molar-refractivity contribution < 1.29 is 19.1 Å². The molecule has 18 heavy (non-hydrogen) atoms. The molecule has 96 valence electrons. The van der Waals surface area contributed by atoms with E-state index in [1.165, 1.54) is 18.3 Å². The first-order chi connectivity index (χ1) is 8.58. The summed E-state index contributed by atoms with van der Waals surface area (Å²) >= 11 is 0. The quantitative estimate of drug-likeness (QED) is 0.725. The number of carboxylic acid groups (broad SMARTS) is 1. The summed E-state index contributed by atoms with van der Waals surface area (Å²) in [6.45, 7) is 0.880. The average molecular weight is 253 g/mol. The van der Waals surface area contributed by atoms with Crippen molar-refractivity contribution in [3.63, 3.8) is 0 Å². The molecule has 1 fully saturated rings. The zero-order valence-corrected chi connectivity index (χ0v) is 9.47. The topological polar surface area (TPSA) is 82.5 Å². The van der Waals surface area contributed by atoms with Crippen LogP contribution in [0.25, 0.3) is 0 Å². The lowest BCUT2D eigenvalue weighted by atomic mass is 10.2. The van der Waals surface area contributed by atoms with Crippen LogP contribution in [-0.2, 0) is 9.59 Å². The van der Waals surface area contributed by atoms with Crippen molar-refractivity contribution in [1.29, 1.82) is 0 Å². The van der Waals surface area contributed by atoms with Gasteiger partial charge in [0.25, 0.3) is 0 Å². The van der Waals surface area contributed by atoms with Gasteiger partial charge in [0.1, 0.15) is 0 Å². The molecule has 0 spiro atoms. The van der Waals surface area contributed by atoms with Crippen LogP contribution in [0.2, 0.25) is 0 Å². The summed E-state index contributed by atoms with van der Waals surface area (Å²) in [4.78, 5) is 27.0. The van der Waals surface area contributed by atoms with Gasteiger partial charge in [-0.2, -0.15) is 0 Å². The van der Waals surface area contributed by atoms with Crippen LogP contribution >= 0.6 is 0 Å². The zero-order valence-electron chi connectivity index (χ0n) is 9.47. The zero-order chi connectivity index (χ0) is 13.1. The molecule has 7 heteroatoms. The minimum Gasteiger partial charge on any atom is -0.474 e. The Labute approximate surface area is 102 Å². The molecule has 1 aliphatic rings. The van der Waals surface area contributed by atoms with E-state index < -0.39 is 17.7 Å². The van der Waals surface area contributed by atoms with Gasteiger partial charge >= 0.3 is 11.9 Å². The van der Waals surface area contributed by atoms with Crippen LogP contribution in [0.15, 0.2) is 18.3 Å². The molecule has 1 amide bonds. The minimum absolute atomic E-state index is 0.226. The van der Waals surface area contributed by atoms with Crippen molar-refractivity contribution >= 4 is 17.7 Å². The van der Waals surface area contributed by atoms with Gasteiger partial charge in [-0.3, -0.25) is 4.79 Å². The second kappa shape index (κ2) is 4.99. The smallest absolute Gasteiger partial charge is 0.394 e. The number of carbonyl (C=O) groups is 2. The Hall–Kier alpha value is -2.18. The highest BCUT2D eigenvalue weighted by Crippen LogP contribution is 2.20. The Morgan fingerprint density at radius 1 is 1.56 bits per heavy atom. The molecular weight excluding hydrogens is 241 g/mol. The SMILES string of the molecule is O=C(O)C(=O)NC1CCN(c2ncccc2F)C1. The van der Waals surface area contributed by atoms with Crippen LogP contribution in [0.5, 0.6) is 0 Å². The van der Waals surface area contributed by atoms with Crippen molar-refractivity contribution in [3.05, 3.63) is 24.1 Å². The maximum atomic E-state index is 13.5. The Balaban J connectivity index is 1.99. The summed E-state index contributed by atoms with van der Waals surface area (Å²) in [6, 6.07) is 2.51. The maximum absolute atomic E-state index is 13.5. The number of carbonyl (C=O) groups excluding carboxylic acids is 1. The summed E-state index contributed by atoms with van der Waals surface area (Å²) in [6.07, 6.45) is 2.05. The van der Waals surface area contributed by atoms with E-state index in [1.54, 1.807) is 4.90 Å². The van der Waals surface area contributed by atoms with Gasteiger partial charge < -0.3 is 15.3 Å². The lowest BCUT2D eigenvalue weighted by Crippen LogP contribution is -2.40. The molecule has 0 bridgehead atoms. The normalized spacial score (nSPS) is 18.7. The molecule has 0 aromatic carbocycles.